The second-order valence-electron chi connectivity index (χ2n) is 5.53. The van der Waals surface area contributed by atoms with Gasteiger partial charge < -0.3 is 9.84 Å². The van der Waals surface area contributed by atoms with Gasteiger partial charge in [-0.1, -0.05) is 19.1 Å². The molecule has 1 aliphatic carbocycles. The molecule has 2 atom stereocenters. The normalized spacial score (nSPS) is 23.0. The van der Waals surface area contributed by atoms with Crippen LogP contribution >= 0.6 is 0 Å². The van der Waals surface area contributed by atoms with Crippen LogP contribution in [0.15, 0.2) is 0 Å². The zero-order chi connectivity index (χ0) is 14.0. The van der Waals surface area contributed by atoms with Gasteiger partial charge in [0, 0.05) is 0 Å². The van der Waals surface area contributed by atoms with Crippen LogP contribution in [0, 0.1) is 12.8 Å². The van der Waals surface area contributed by atoms with E-state index in [1.54, 1.807) is 11.6 Å². The first kappa shape index (κ1) is 14.0. The molecule has 2 unspecified atom stereocenters. The van der Waals surface area contributed by atoms with Crippen LogP contribution in [-0.4, -0.2) is 38.8 Å². The van der Waals surface area contributed by atoms with Crippen molar-refractivity contribution in [1.82, 2.24) is 15.0 Å². The molecular formula is C13H21N3O3. The lowest BCUT2D eigenvalue weighted by Crippen LogP contribution is -2.21. The van der Waals surface area contributed by atoms with Crippen LogP contribution in [-0.2, 0) is 4.74 Å². The van der Waals surface area contributed by atoms with Crippen LogP contribution < -0.4 is 0 Å². The van der Waals surface area contributed by atoms with Gasteiger partial charge in [-0.05, 0) is 32.1 Å². The first-order valence-corrected chi connectivity index (χ1v) is 6.77. The van der Waals surface area contributed by atoms with Crippen LogP contribution in [0.25, 0.3) is 0 Å². The molecule has 0 amide bonds. The number of aromatic nitrogens is 3. The van der Waals surface area contributed by atoms with Crippen LogP contribution in [0.2, 0.25) is 0 Å². The summed E-state index contributed by atoms with van der Waals surface area (Å²) in [4.78, 5) is 11.9. The fraction of sp³-hybridized carbons (Fsp3) is 0.769. The minimum atomic E-state index is -0.440. The lowest BCUT2D eigenvalue weighted by atomic mass is 10.2. The van der Waals surface area contributed by atoms with Gasteiger partial charge in [-0.3, -0.25) is 0 Å². The molecule has 1 aromatic rings. The Morgan fingerprint density at radius 2 is 2.26 bits per heavy atom. The predicted molar refractivity (Wildman–Crippen MR) is 68.8 cm³/mol. The minimum Gasteiger partial charge on any atom is -0.461 e. The highest BCUT2D eigenvalue weighted by atomic mass is 16.5. The Morgan fingerprint density at radius 1 is 1.53 bits per heavy atom. The van der Waals surface area contributed by atoms with Gasteiger partial charge in [0.05, 0.1) is 24.4 Å². The number of carbonyl (C=O) groups excluding carboxylic acids is 1. The van der Waals surface area contributed by atoms with Crippen LogP contribution in [0.1, 0.15) is 55.3 Å². The van der Waals surface area contributed by atoms with Crippen molar-refractivity contribution in [3.05, 3.63) is 11.4 Å². The summed E-state index contributed by atoms with van der Waals surface area (Å²) in [6, 6.07) is -0.0702. The lowest BCUT2D eigenvalue weighted by Gasteiger charge is -2.15. The molecule has 6 heteroatoms. The van der Waals surface area contributed by atoms with Crippen molar-refractivity contribution >= 4 is 5.97 Å². The van der Waals surface area contributed by atoms with Crippen molar-refractivity contribution in [2.75, 3.05) is 6.61 Å². The van der Waals surface area contributed by atoms with Gasteiger partial charge in [0.25, 0.3) is 0 Å². The molecule has 1 heterocycles. The summed E-state index contributed by atoms with van der Waals surface area (Å²) in [7, 11) is 0. The summed E-state index contributed by atoms with van der Waals surface area (Å²) in [5, 5.41) is 17.8. The maximum absolute atomic E-state index is 11.9. The molecule has 1 N–H and O–H groups in total. The molecule has 19 heavy (non-hydrogen) atoms. The third-order valence-corrected chi connectivity index (χ3v) is 3.43. The number of aliphatic hydroxyl groups excluding tert-OH is 1. The third-order valence-electron chi connectivity index (χ3n) is 3.43. The van der Waals surface area contributed by atoms with Crippen molar-refractivity contribution in [3.63, 3.8) is 0 Å². The van der Waals surface area contributed by atoms with E-state index in [9.17, 15) is 9.90 Å². The molecule has 0 saturated heterocycles. The fourth-order valence-corrected chi connectivity index (χ4v) is 2.36. The average Bonchev–Trinajstić information content (AvgIpc) is 2.92. The second-order valence-corrected chi connectivity index (χ2v) is 5.53. The Kier molecular flexibility index (Phi) is 4.19. The van der Waals surface area contributed by atoms with Crippen molar-refractivity contribution in [3.8, 4) is 0 Å². The lowest BCUT2D eigenvalue weighted by molar-refractivity contribution is 0.0450. The van der Waals surface area contributed by atoms with Gasteiger partial charge in [0.15, 0.2) is 5.69 Å². The molecule has 1 aromatic heterocycles. The van der Waals surface area contributed by atoms with Gasteiger partial charge in [0.2, 0.25) is 0 Å². The van der Waals surface area contributed by atoms with E-state index in [-0.39, 0.29) is 17.7 Å². The molecule has 0 radical (unpaired) electrons. The van der Waals surface area contributed by atoms with Gasteiger partial charge >= 0.3 is 5.97 Å². The Labute approximate surface area is 112 Å². The molecule has 0 aromatic carbocycles. The van der Waals surface area contributed by atoms with E-state index in [0.717, 1.165) is 19.3 Å². The topological polar surface area (TPSA) is 77.2 Å². The molecule has 6 nitrogen and oxygen atoms in total. The Morgan fingerprint density at radius 3 is 2.84 bits per heavy atom. The molecule has 106 valence electrons. The summed E-state index contributed by atoms with van der Waals surface area (Å²) in [5.74, 6) is -0.152. The van der Waals surface area contributed by atoms with Crippen molar-refractivity contribution < 1.29 is 14.6 Å². The maximum Gasteiger partial charge on any atom is 0.360 e. The van der Waals surface area contributed by atoms with Gasteiger partial charge in [-0.2, -0.15) is 0 Å². The summed E-state index contributed by atoms with van der Waals surface area (Å²) in [6.07, 6.45) is 2.21. The van der Waals surface area contributed by atoms with E-state index < -0.39 is 12.1 Å². The van der Waals surface area contributed by atoms with Gasteiger partial charge in [-0.25, -0.2) is 9.48 Å². The average molecular weight is 267 g/mol. The minimum absolute atomic E-state index is 0.0702. The number of aliphatic hydroxyl groups is 1. The fourth-order valence-electron chi connectivity index (χ4n) is 2.36. The number of nitrogens with zero attached hydrogens (tertiary/aromatic N) is 3. The number of rotatable bonds is 4. The predicted octanol–water partition coefficient (Wildman–Crippen LogP) is 1.49. The first-order chi connectivity index (χ1) is 9.00. The summed E-state index contributed by atoms with van der Waals surface area (Å²) in [6.45, 7) is 6.12. The zero-order valence-corrected chi connectivity index (χ0v) is 11.7. The van der Waals surface area contributed by atoms with Crippen molar-refractivity contribution in [2.24, 2.45) is 5.92 Å². The van der Waals surface area contributed by atoms with E-state index in [1.807, 2.05) is 13.8 Å². The van der Waals surface area contributed by atoms with Crippen LogP contribution in [0.3, 0.4) is 0 Å². The molecular weight excluding hydrogens is 246 g/mol. The molecule has 1 saturated carbocycles. The van der Waals surface area contributed by atoms with E-state index >= 15 is 0 Å². The summed E-state index contributed by atoms with van der Waals surface area (Å²) >= 11 is 0. The highest BCUT2D eigenvalue weighted by Gasteiger charge is 2.30. The maximum atomic E-state index is 11.9. The number of esters is 1. The van der Waals surface area contributed by atoms with Crippen LogP contribution in [0.4, 0.5) is 0 Å². The van der Waals surface area contributed by atoms with E-state index in [1.165, 1.54) is 0 Å². The highest BCUT2D eigenvalue weighted by Crippen LogP contribution is 2.30. The van der Waals surface area contributed by atoms with E-state index in [2.05, 4.69) is 10.3 Å². The zero-order valence-electron chi connectivity index (χ0n) is 11.7. The smallest absolute Gasteiger partial charge is 0.360 e. The Balaban J connectivity index is 2.11. The number of hydrogen-bond acceptors (Lipinski definition) is 5. The monoisotopic (exact) mass is 267 g/mol. The number of hydrogen-bond donors (Lipinski definition) is 1. The summed E-state index contributed by atoms with van der Waals surface area (Å²) in [5.41, 5.74) is 0.916. The second kappa shape index (κ2) is 5.69. The standard InChI is InChI=1S/C13H21N3O3/c1-8(2)7-19-13(18)12-9(3)16(15-14-12)10-5-4-6-11(10)17/h8,10-11,17H,4-7H2,1-3H3. The largest absolute Gasteiger partial charge is 0.461 e. The molecule has 1 aliphatic rings. The van der Waals surface area contributed by atoms with E-state index in [4.69, 9.17) is 4.74 Å². The Hall–Kier alpha value is -1.43. The molecule has 0 aliphatic heterocycles. The highest BCUT2D eigenvalue weighted by molar-refractivity contribution is 5.88. The SMILES string of the molecule is Cc1c(C(=O)OCC(C)C)nnn1C1CCCC1O. The van der Waals surface area contributed by atoms with Crippen molar-refractivity contribution in [2.45, 2.75) is 52.2 Å². The molecule has 1 fully saturated rings. The quantitative estimate of drug-likeness (QED) is 0.836. The molecule has 0 spiro atoms. The summed E-state index contributed by atoms with van der Waals surface area (Å²) < 4.78 is 6.81. The van der Waals surface area contributed by atoms with Crippen molar-refractivity contribution in [1.29, 1.82) is 0 Å². The number of ether oxygens (including phenoxy) is 1. The first-order valence-electron chi connectivity index (χ1n) is 6.77. The van der Waals surface area contributed by atoms with E-state index in [0.29, 0.717) is 12.3 Å². The number of carbonyl (C=O) groups is 1. The van der Waals surface area contributed by atoms with Crippen LogP contribution in [0.5, 0.6) is 0 Å². The van der Waals surface area contributed by atoms with Gasteiger partial charge in [-0.15, -0.1) is 5.10 Å². The molecule has 0 bridgehead atoms. The molecule has 2 rings (SSSR count). The Bertz CT molecular complexity index is 456. The van der Waals surface area contributed by atoms with Gasteiger partial charge in [0.1, 0.15) is 0 Å². The third kappa shape index (κ3) is 2.94.